The Morgan fingerprint density at radius 3 is 2.10 bits per heavy atom. The molecule has 1 rings (SSSR count). The second-order valence-electron chi connectivity index (χ2n) is 9.84. The number of unbranched alkanes of at least 4 members (excludes halogenated alkanes) is 10. The summed E-state index contributed by atoms with van der Waals surface area (Å²) in [6.45, 7) is 9.10. The lowest BCUT2D eigenvalue weighted by atomic mass is 9.75. The first-order valence-electron chi connectivity index (χ1n) is 12.9. The van der Waals surface area contributed by atoms with Crippen LogP contribution in [-0.4, -0.2) is 12.1 Å². The van der Waals surface area contributed by atoms with Crippen molar-refractivity contribution in [2.24, 2.45) is 17.8 Å². The standard InChI is InChI=1S/C27H50O2/c1-5-6-7-8-9-10-11-12-13-14-15-16-17-18-19-27(28)29-26-22-24(4)20-21-25(26)23(2)3/h12-13,23-26H,5-11,14-22H2,1-4H3/b13-12-/t24-,25+,26-/m1/s1. The van der Waals surface area contributed by atoms with Crippen LogP contribution in [0.4, 0.5) is 0 Å². The predicted octanol–water partition coefficient (Wildman–Crippen LogP) is 8.64. The monoisotopic (exact) mass is 406 g/mol. The van der Waals surface area contributed by atoms with Crippen LogP contribution < -0.4 is 0 Å². The molecule has 2 nitrogen and oxygen atoms in total. The first-order chi connectivity index (χ1) is 14.0. The second kappa shape index (κ2) is 16.9. The number of hydrogen-bond acceptors (Lipinski definition) is 2. The van der Waals surface area contributed by atoms with Gasteiger partial charge in [0.1, 0.15) is 6.10 Å². The summed E-state index contributed by atoms with van der Waals surface area (Å²) in [5, 5.41) is 0. The number of ether oxygens (including phenoxy) is 1. The Balaban J connectivity index is 1.99. The highest BCUT2D eigenvalue weighted by atomic mass is 16.5. The second-order valence-corrected chi connectivity index (χ2v) is 9.84. The molecule has 29 heavy (non-hydrogen) atoms. The van der Waals surface area contributed by atoms with Gasteiger partial charge in [0.05, 0.1) is 0 Å². The summed E-state index contributed by atoms with van der Waals surface area (Å²) < 4.78 is 5.90. The van der Waals surface area contributed by atoms with E-state index in [2.05, 4.69) is 39.8 Å². The Hall–Kier alpha value is -0.790. The lowest BCUT2D eigenvalue weighted by Gasteiger charge is -2.36. The first-order valence-corrected chi connectivity index (χ1v) is 12.9. The molecule has 170 valence electrons. The van der Waals surface area contributed by atoms with Gasteiger partial charge in [0.2, 0.25) is 0 Å². The lowest BCUT2D eigenvalue weighted by Crippen LogP contribution is -2.35. The van der Waals surface area contributed by atoms with Gasteiger partial charge in [-0.1, -0.05) is 91.2 Å². The van der Waals surface area contributed by atoms with Gasteiger partial charge in [0, 0.05) is 6.42 Å². The molecule has 0 spiro atoms. The van der Waals surface area contributed by atoms with E-state index in [0.717, 1.165) is 19.3 Å². The van der Waals surface area contributed by atoms with E-state index < -0.39 is 0 Å². The van der Waals surface area contributed by atoms with Crippen molar-refractivity contribution < 1.29 is 9.53 Å². The Labute approximate surface area is 182 Å². The number of carbonyl (C=O) groups is 1. The zero-order chi connectivity index (χ0) is 21.3. The summed E-state index contributed by atoms with van der Waals surface area (Å²) in [6, 6.07) is 0. The predicted molar refractivity (Wildman–Crippen MR) is 126 cm³/mol. The van der Waals surface area contributed by atoms with Crippen molar-refractivity contribution in [3.8, 4) is 0 Å². The molecule has 0 N–H and O–H groups in total. The van der Waals surface area contributed by atoms with Crippen LogP contribution in [0.1, 0.15) is 130 Å². The van der Waals surface area contributed by atoms with Crippen LogP contribution in [0.5, 0.6) is 0 Å². The fourth-order valence-electron chi connectivity index (χ4n) is 4.64. The fourth-order valence-corrected chi connectivity index (χ4v) is 4.64. The van der Waals surface area contributed by atoms with Crippen molar-refractivity contribution in [3.05, 3.63) is 12.2 Å². The molecular weight excluding hydrogens is 356 g/mol. The van der Waals surface area contributed by atoms with Crippen LogP contribution in [0.15, 0.2) is 12.2 Å². The van der Waals surface area contributed by atoms with Crippen molar-refractivity contribution in [1.29, 1.82) is 0 Å². The van der Waals surface area contributed by atoms with E-state index >= 15 is 0 Å². The molecule has 0 aliphatic heterocycles. The minimum Gasteiger partial charge on any atom is -0.462 e. The molecule has 0 amide bonds. The normalized spacial score (nSPS) is 22.4. The molecule has 1 aliphatic carbocycles. The van der Waals surface area contributed by atoms with E-state index in [1.165, 1.54) is 77.0 Å². The van der Waals surface area contributed by atoms with E-state index in [9.17, 15) is 4.79 Å². The summed E-state index contributed by atoms with van der Waals surface area (Å²) in [5.74, 6) is 1.89. The minimum atomic E-state index is 0.0357. The number of allylic oxidation sites excluding steroid dienone is 2. The molecule has 1 saturated carbocycles. The SMILES string of the molecule is CCCCCCCC/C=C\CCCCCCC(=O)O[C@@H]1C[C@H](C)CC[C@H]1C(C)C. The average Bonchev–Trinajstić information content (AvgIpc) is 2.68. The van der Waals surface area contributed by atoms with Gasteiger partial charge < -0.3 is 4.74 Å². The van der Waals surface area contributed by atoms with Gasteiger partial charge in [0.25, 0.3) is 0 Å². The zero-order valence-corrected chi connectivity index (χ0v) is 20.1. The summed E-state index contributed by atoms with van der Waals surface area (Å²) in [6.07, 6.45) is 24.3. The van der Waals surface area contributed by atoms with E-state index in [1.54, 1.807) is 0 Å². The van der Waals surface area contributed by atoms with Crippen molar-refractivity contribution >= 4 is 5.97 Å². The van der Waals surface area contributed by atoms with Gasteiger partial charge >= 0.3 is 5.97 Å². The summed E-state index contributed by atoms with van der Waals surface area (Å²) in [7, 11) is 0. The van der Waals surface area contributed by atoms with Gasteiger partial charge in [-0.25, -0.2) is 0 Å². The molecular formula is C27H50O2. The van der Waals surface area contributed by atoms with E-state index in [0.29, 0.717) is 24.2 Å². The number of carbonyl (C=O) groups excluding carboxylic acids is 1. The molecule has 0 aromatic heterocycles. The van der Waals surface area contributed by atoms with Crippen LogP contribution in [0.2, 0.25) is 0 Å². The van der Waals surface area contributed by atoms with Gasteiger partial charge in [-0.3, -0.25) is 4.79 Å². The van der Waals surface area contributed by atoms with Crippen LogP contribution in [0.25, 0.3) is 0 Å². The third kappa shape index (κ3) is 13.2. The van der Waals surface area contributed by atoms with Crippen LogP contribution >= 0.6 is 0 Å². The molecule has 0 aromatic carbocycles. The third-order valence-corrected chi connectivity index (χ3v) is 6.64. The molecule has 0 radical (unpaired) electrons. The number of esters is 1. The van der Waals surface area contributed by atoms with Crippen LogP contribution in [0.3, 0.4) is 0 Å². The highest BCUT2D eigenvalue weighted by Gasteiger charge is 2.33. The largest absolute Gasteiger partial charge is 0.462 e. The number of hydrogen-bond donors (Lipinski definition) is 0. The highest BCUT2D eigenvalue weighted by molar-refractivity contribution is 5.69. The smallest absolute Gasteiger partial charge is 0.306 e. The van der Waals surface area contributed by atoms with E-state index in [-0.39, 0.29) is 12.1 Å². The van der Waals surface area contributed by atoms with E-state index in [4.69, 9.17) is 4.74 Å². The van der Waals surface area contributed by atoms with Gasteiger partial charge in [-0.15, -0.1) is 0 Å². The summed E-state index contributed by atoms with van der Waals surface area (Å²) >= 11 is 0. The maximum atomic E-state index is 12.3. The minimum absolute atomic E-state index is 0.0357. The Kier molecular flexibility index (Phi) is 15.3. The van der Waals surface area contributed by atoms with Crippen LogP contribution in [-0.2, 0) is 9.53 Å². The molecule has 0 aromatic rings. The van der Waals surface area contributed by atoms with Crippen molar-refractivity contribution in [2.45, 2.75) is 137 Å². The summed E-state index contributed by atoms with van der Waals surface area (Å²) in [5.41, 5.74) is 0. The molecule has 3 atom stereocenters. The van der Waals surface area contributed by atoms with Gasteiger partial charge in [-0.05, 0) is 62.7 Å². The first kappa shape index (κ1) is 26.2. The zero-order valence-electron chi connectivity index (χ0n) is 20.1. The summed E-state index contributed by atoms with van der Waals surface area (Å²) in [4.78, 5) is 12.3. The molecule has 1 aliphatic rings. The lowest BCUT2D eigenvalue weighted by molar-refractivity contribution is -0.156. The molecule has 0 heterocycles. The Morgan fingerprint density at radius 2 is 1.48 bits per heavy atom. The molecule has 2 heteroatoms. The topological polar surface area (TPSA) is 26.3 Å². The molecule has 1 fully saturated rings. The quantitative estimate of drug-likeness (QED) is 0.146. The third-order valence-electron chi connectivity index (χ3n) is 6.64. The fraction of sp³-hybridized carbons (Fsp3) is 0.889. The Morgan fingerprint density at radius 1 is 0.897 bits per heavy atom. The van der Waals surface area contributed by atoms with Crippen molar-refractivity contribution in [2.75, 3.05) is 0 Å². The van der Waals surface area contributed by atoms with E-state index in [1.807, 2.05) is 0 Å². The average molecular weight is 407 g/mol. The van der Waals surface area contributed by atoms with Gasteiger partial charge in [-0.2, -0.15) is 0 Å². The van der Waals surface area contributed by atoms with Crippen LogP contribution in [0, 0.1) is 17.8 Å². The maximum absolute atomic E-state index is 12.3. The molecule has 0 bridgehead atoms. The highest BCUT2D eigenvalue weighted by Crippen LogP contribution is 2.35. The molecule has 0 saturated heterocycles. The van der Waals surface area contributed by atoms with Crippen molar-refractivity contribution in [1.82, 2.24) is 0 Å². The molecule has 0 unspecified atom stereocenters. The number of rotatable bonds is 16. The van der Waals surface area contributed by atoms with Gasteiger partial charge in [0.15, 0.2) is 0 Å². The van der Waals surface area contributed by atoms with Crippen molar-refractivity contribution in [3.63, 3.8) is 0 Å². The maximum Gasteiger partial charge on any atom is 0.306 e. The Bertz CT molecular complexity index is 426.